The van der Waals surface area contributed by atoms with E-state index in [-0.39, 0.29) is 17.7 Å². The molecule has 1 saturated heterocycles. The minimum Gasteiger partial charge on any atom is -0.494 e. The van der Waals surface area contributed by atoms with Crippen molar-refractivity contribution in [3.05, 3.63) is 53.6 Å². The van der Waals surface area contributed by atoms with Crippen molar-refractivity contribution in [2.75, 3.05) is 31.0 Å². The summed E-state index contributed by atoms with van der Waals surface area (Å²) in [5, 5.41) is 0. The van der Waals surface area contributed by atoms with Gasteiger partial charge in [-0.25, -0.2) is 0 Å². The second-order valence-electron chi connectivity index (χ2n) is 8.19. The molecule has 0 bridgehead atoms. The van der Waals surface area contributed by atoms with E-state index in [1.54, 1.807) is 18.2 Å². The molecule has 1 atom stereocenters. The minimum atomic E-state index is -3.34. The third kappa shape index (κ3) is 5.70. The van der Waals surface area contributed by atoms with Crippen molar-refractivity contribution in [3.63, 3.8) is 0 Å². The van der Waals surface area contributed by atoms with E-state index in [0.717, 1.165) is 30.7 Å². The number of anilines is 1. The predicted octanol–water partition coefficient (Wildman–Crippen LogP) is 3.66. The van der Waals surface area contributed by atoms with Crippen LogP contribution in [-0.4, -0.2) is 52.1 Å². The average Bonchev–Trinajstić information content (AvgIpc) is 2.78. The zero-order chi connectivity index (χ0) is 23.4. The maximum atomic E-state index is 12.9. The molecule has 178 valence electrons. The maximum absolute atomic E-state index is 12.9. The average molecular weight is 475 g/mol. The summed E-state index contributed by atoms with van der Waals surface area (Å²) in [4.78, 5) is 14.8. The molecule has 0 aliphatic carbocycles. The van der Waals surface area contributed by atoms with Crippen LogP contribution in [0.25, 0.3) is 0 Å². The molecular weight excluding hydrogens is 444 g/mol. The largest absolute Gasteiger partial charge is 0.494 e. The van der Waals surface area contributed by atoms with Gasteiger partial charge in [0.15, 0.2) is 5.84 Å². The van der Waals surface area contributed by atoms with E-state index < -0.39 is 11.0 Å². The van der Waals surface area contributed by atoms with Crippen LogP contribution in [0.1, 0.15) is 30.9 Å². The smallest absolute Gasteiger partial charge is 0.227 e. The van der Waals surface area contributed by atoms with Crippen molar-refractivity contribution in [1.29, 1.82) is 0 Å². The molecule has 2 aromatic carbocycles. The highest BCUT2D eigenvalue weighted by molar-refractivity contribution is 8.24. The maximum Gasteiger partial charge on any atom is 0.227 e. The van der Waals surface area contributed by atoms with Gasteiger partial charge >= 0.3 is 0 Å². The molecule has 0 spiro atoms. The fraction of sp³-hybridized carbons (Fsp3) is 0.391. The summed E-state index contributed by atoms with van der Waals surface area (Å²) in [6.45, 7) is 4.35. The zero-order valence-electron chi connectivity index (χ0n) is 18.6. The summed E-state index contributed by atoms with van der Waals surface area (Å²) in [5.41, 5.74) is 7.91. The quantitative estimate of drug-likeness (QED) is 0.482. The number of carbonyl (C=O) groups is 1. The van der Waals surface area contributed by atoms with Gasteiger partial charge < -0.3 is 20.1 Å². The molecule has 0 saturated carbocycles. The number of carbonyl (C=O) groups excluding carboxylic acids is 1. The number of rotatable bonds is 7. The molecule has 2 aliphatic heterocycles. The number of fused-ring (bicyclic) bond motifs is 1. The number of amides is 1. The lowest BCUT2D eigenvalue weighted by Gasteiger charge is -2.34. The van der Waals surface area contributed by atoms with Crippen LogP contribution in [0, 0.1) is 5.92 Å². The fourth-order valence-corrected chi connectivity index (χ4v) is 5.02. The summed E-state index contributed by atoms with van der Waals surface area (Å²) >= 11 is 0. The van der Waals surface area contributed by atoms with Crippen LogP contribution in [0.4, 0.5) is 5.69 Å². The third-order valence-electron chi connectivity index (χ3n) is 5.69. The lowest BCUT2D eigenvalue weighted by Crippen LogP contribution is -2.42. The van der Waals surface area contributed by atoms with Crippen LogP contribution < -0.4 is 19.9 Å². The highest BCUT2D eigenvalue weighted by Gasteiger charge is 2.27. The second kappa shape index (κ2) is 9.90. The highest BCUT2D eigenvalue weighted by Crippen LogP contribution is 2.46. The molecule has 2 aliphatic rings. The minimum absolute atomic E-state index is 0.0233. The molecule has 10 heteroatoms. The number of amidine groups is 1. The molecule has 9 nitrogen and oxygen atoms in total. The number of hydrogen-bond donors (Lipinski definition) is 4. The standard InChI is InChI=1S/C23H30N4O5S/c1-2-31-18-10-8-16(9-11-18)13-21(28)27-12-4-5-17(14-27)15-32-20-7-3-6-19-22(20)23(24)26-33(29,30)25-19/h3,6-11,17,25,29-30H,2,4-5,12-15H2,1H3,(H2,24,26). The summed E-state index contributed by atoms with van der Waals surface area (Å²) in [6, 6.07) is 12.9. The topological polar surface area (TPSA) is 130 Å². The fourth-order valence-electron chi connectivity index (χ4n) is 4.15. The van der Waals surface area contributed by atoms with Gasteiger partial charge in [0.2, 0.25) is 5.91 Å². The van der Waals surface area contributed by atoms with E-state index in [9.17, 15) is 13.9 Å². The molecule has 4 rings (SSSR count). The number of ether oxygens (including phenoxy) is 2. The molecule has 0 aromatic heterocycles. The molecule has 2 aromatic rings. The van der Waals surface area contributed by atoms with Gasteiger partial charge in [-0.2, -0.15) is 0 Å². The first-order valence-electron chi connectivity index (χ1n) is 11.0. The van der Waals surface area contributed by atoms with E-state index in [4.69, 9.17) is 15.2 Å². The van der Waals surface area contributed by atoms with Crippen molar-refractivity contribution >= 4 is 28.4 Å². The van der Waals surface area contributed by atoms with Gasteiger partial charge in [0.1, 0.15) is 11.5 Å². The van der Waals surface area contributed by atoms with Crippen LogP contribution in [0.5, 0.6) is 11.5 Å². The van der Waals surface area contributed by atoms with Gasteiger partial charge in [-0.15, -0.1) is 4.40 Å². The molecule has 33 heavy (non-hydrogen) atoms. The predicted molar refractivity (Wildman–Crippen MR) is 130 cm³/mol. The Morgan fingerprint density at radius 1 is 1.24 bits per heavy atom. The summed E-state index contributed by atoms with van der Waals surface area (Å²) in [7, 11) is -3.34. The SMILES string of the molecule is CCOc1ccc(CC(=O)N2CCCC(COc3cccc4c3C(N)=NS(O)(O)N4)C2)cc1. The molecule has 5 N–H and O–H groups in total. The molecular formula is C23H30N4O5S. The summed E-state index contributed by atoms with van der Waals surface area (Å²) in [6.07, 6.45) is 2.24. The molecule has 1 fully saturated rings. The van der Waals surface area contributed by atoms with Gasteiger partial charge in [-0.05, 0) is 60.6 Å². The Labute approximate surface area is 195 Å². The summed E-state index contributed by atoms with van der Waals surface area (Å²) in [5.74, 6) is 1.64. The Morgan fingerprint density at radius 3 is 2.79 bits per heavy atom. The van der Waals surface area contributed by atoms with E-state index in [0.29, 0.717) is 43.2 Å². The van der Waals surface area contributed by atoms with Crippen molar-refractivity contribution in [2.45, 2.75) is 26.2 Å². The van der Waals surface area contributed by atoms with Gasteiger partial charge in [0.05, 0.1) is 30.9 Å². The second-order valence-corrected chi connectivity index (χ2v) is 9.61. The number of hydrogen-bond acceptors (Lipinski definition) is 8. The molecule has 0 radical (unpaired) electrons. The van der Waals surface area contributed by atoms with Crippen molar-refractivity contribution in [3.8, 4) is 11.5 Å². The van der Waals surface area contributed by atoms with E-state index >= 15 is 0 Å². The van der Waals surface area contributed by atoms with Gasteiger partial charge in [0.25, 0.3) is 0 Å². The Balaban J connectivity index is 1.35. The number of likely N-dealkylation sites (tertiary alicyclic amines) is 1. The van der Waals surface area contributed by atoms with E-state index in [2.05, 4.69) is 9.12 Å². The Kier molecular flexibility index (Phi) is 6.96. The van der Waals surface area contributed by atoms with Crippen molar-refractivity contribution in [1.82, 2.24) is 4.90 Å². The lowest BCUT2D eigenvalue weighted by molar-refractivity contribution is -0.132. The highest BCUT2D eigenvalue weighted by atomic mass is 32.3. The number of piperidine rings is 1. The van der Waals surface area contributed by atoms with E-state index in [1.807, 2.05) is 36.1 Å². The molecule has 1 unspecified atom stereocenters. The van der Waals surface area contributed by atoms with Crippen LogP contribution >= 0.6 is 11.0 Å². The zero-order valence-corrected chi connectivity index (χ0v) is 19.4. The van der Waals surface area contributed by atoms with Crippen molar-refractivity contribution < 1.29 is 23.4 Å². The molecule has 2 heterocycles. The van der Waals surface area contributed by atoms with Crippen LogP contribution in [0.2, 0.25) is 0 Å². The van der Waals surface area contributed by atoms with Crippen LogP contribution in [0.3, 0.4) is 0 Å². The normalized spacial score (nSPS) is 20.2. The Bertz CT molecular complexity index is 1030. The lowest BCUT2D eigenvalue weighted by atomic mass is 9.98. The van der Waals surface area contributed by atoms with Crippen LogP contribution in [0.15, 0.2) is 46.9 Å². The number of nitrogens with one attached hydrogen (secondary N) is 1. The first-order chi connectivity index (χ1) is 15.8. The van der Waals surface area contributed by atoms with Gasteiger partial charge in [0, 0.05) is 19.0 Å². The number of benzene rings is 2. The van der Waals surface area contributed by atoms with E-state index in [1.165, 1.54) is 0 Å². The van der Waals surface area contributed by atoms with Gasteiger partial charge in [-0.1, -0.05) is 18.2 Å². The van der Waals surface area contributed by atoms with Crippen molar-refractivity contribution in [2.24, 2.45) is 16.0 Å². The molecule has 1 amide bonds. The third-order valence-corrected chi connectivity index (χ3v) is 6.64. The van der Waals surface area contributed by atoms with Crippen LogP contribution in [-0.2, 0) is 11.2 Å². The van der Waals surface area contributed by atoms with Gasteiger partial charge in [-0.3, -0.25) is 18.6 Å². The monoisotopic (exact) mass is 474 g/mol. The summed E-state index contributed by atoms with van der Waals surface area (Å²) < 4.78 is 37.5. The first kappa shape index (κ1) is 23.2. The Hall–Kier alpha value is -2.95. The first-order valence-corrected chi connectivity index (χ1v) is 12.5. The number of nitrogens with zero attached hydrogens (tertiary/aromatic N) is 2. The Morgan fingerprint density at radius 2 is 2.03 bits per heavy atom. The number of nitrogens with two attached hydrogens (primary N) is 1.